The quantitative estimate of drug-likeness (QED) is 0.172. The molecule has 3 aromatic heterocycles. The largest absolute Gasteiger partial charge is 0.456 e. The van der Waals surface area contributed by atoms with E-state index in [1.165, 1.54) is 10.9 Å². The summed E-state index contributed by atoms with van der Waals surface area (Å²) in [7, 11) is 0. The fraction of sp³-hybridized carbons (Fsp3) is 0. The Balaban J connectivity index is 1.05. The van der Waals surface area contributed by atoms with Gasteiger partial charge in [0.15, 0.2) is 17.5 Å². The second-order valence-electron chi connectivity index (χ2n) is 14.1. The highest BCUT2D eigenvalue weighted by Gasteiger charge is 2.18. The Hall–Kier alpha value is -7.63. The molecular weight excluding hydrogens is 685 g/mol. The first-order valence-electron chi connectivity index (χ1n) is 18.8. The number of nitrogens with zero attached hydrogens (tertiary/aromatic N) is 4. The molecule has 0 saturated heterocycles. The van der Waals surface area contributed by atoms with Crippen molar-refractivity contribution in [3.8, 4) is 62.1 Å². The number of benzene rings is 8. The van der Waals surface area contributed by atoms with Gasteiger partial charge in [-0.25, -0.2) is 15.0 Å². The van der Waals surface area contributed by atoms with Crippen molar-refractivity contribution < 1.29 is 4.42 Å². The highest BCUT2D eigenvalue weighted by Crippen LogP contribution is 2.39. The Morgan fingerprint density at radius 3 is 1.38 bits per heavy atom. The van der Waals surface area contributed by atoms with Crippen molar-refractivity contribution in [1.82, 2.24) is 19.5 Å². The van der Waals surface area contributed by atoms with Crippen LogP contribution < -0.4 is 0 Å². The SMILES string of the molecule is c1ccc(-c2ccc(-c3nc(-c4ccc(-c5ccccc5)cc4)nc(-c4ccc5c(c4)oc4cc6c7ccccc7n(-c7ccccc7)c6cc45)n3)cc2)cc1. The average molecular weight is 717 g/mol. The molecule has 0 fully saturated rings. The molecule has 11 rings (SSSR count). The zero-order chi connectivity index (χ0) is 37.0. The van der Waals surface area contributed by atoms with Crippen LogP contribution in [0.15, 0.2) is 199 Å². The third kappa shape index (κ3) is 5.45. The van der Waals surface area contributed by atoms with Gasteiger partial charge < -0.3 is 8.98 Å². The molecule has 0 aliphatic heterocycles. The summed E-state index contributed by atoms with van der Waals surface area (Å²) < 4.78 is 8.98. The van der Waals surface area contributed by atoms with Gasteiger partial charge in [-0.3, -0.25) is 0 Å². The minimum Gasteiger partial charge on any atom is -0.456 e. The summed E-state index contributed by atoms with van der Waals surface area (Å²) in [4.78, 5) is 15.2. The number of aromatic nitrogens is 4. The minimum absolute atomic E-state index is 0.582. The van der Waals surface area contributed by atoms with Gasteiger partial charge in [0, 0.05) is 43.9 Å². The van der Waals surface area contributed by atoms with Crippen molar-refractivity contribution in [2.24, 2.45) is 0 Å². The third-order valence-corrected chi connectivity index (χ3v) is 10.7. The van der Waals surface area contributed by atoms with Gasteiger partial charge >= 0.3 is 0 Å². The van der Waals surface area contributed by atoms with E-state index in [2.05, 4.69) is 187 Å². The van der Waals surface area contributed by atoms with Crippen molar-refractivity contribution >= 4 is 43.7 Å². The molecule has 5 heteroatoms. The molecule has 5 nitrogen and oxygen atoms in total. The van der Waals surface area contributed by atoms with Gasteiger partial charge in [0.2, 0.25) is 0 Å². The summed E-state index contributed by atoms with van der Waals surface area (Å²) in [6.07, 6.45) is 0. The van der Waals surface area contributed by atoms with Gasteiger partial charge in [-0.2, -0.15) is 0 Å². The molecule has 0 atom stereocenters. The van der Waals surface area contributed by atoms with E-state index in [1.807, 2.05) is 12.1 Å². The molecule has 56 heavy (non-hydrogen) atoms. The number of hydrogen-bond acceptors (Lipinski definition) is 4. The lowest BCUT2D eigenvalue weighted by atomic mass is 10.0. The Bertz CT molecular complexity index is 3100. The van der Waals surface area contributed by atoms with E-state index in [-0.39, 0.29) is 0 Å². The average Bonchev–Trinajstić information content (AvgIpc) is 3.80. The maximum absolute atomic E-state index is 6.65. The van der Waals surface area contributed by atoms with Crippen LogP contribution >= 0.6 is 0 Å². The minimum atomic E-state index is 0.582. The zero-order valence-corrected chi connectivity index (χ0v) is 30.2. The fourth-order valence-corrected chi connectivity index (χ4v) is 7.88. The second kappa shape index (κ2) is 13.0. The molecule has 0 aliphatic carbocycles. The Morgan fingerprint density at radius 1 is 0.304 bits per heavy atom. The normalized spacial score (nSPS) is 11.6. The molecule has 0 unspecified atom stereocenters. The maximum Gasteiger partial charge on any atom is 0.164 e. The fourth-order valence-electron chi connectivity index (χ4n) is 7.88. The predicted molar refractivity (Wildman–Crippen MR) is 229 cm³/mol. The van der Waals surface area contributed by atoms with Gasteiger partial charge in [-0.05, 0) is 64.7 Å². The van der Waals surface area contributed by atoms with Crippen LogP contribution in [0.5, 0.6) is 0 Å². The van der Waals surface area contributed by atoms with Crippen LogP contribution in [0.4, 0.5) is 0 Å². The Kier molecular flexibility index (Phi) is 7.42. The van der Waals surface area contributed by atoms with E-state index in [4.69, 9.17) is 19.4 Å². The van der Waals surface area contributed by atoms with E-state index in [9.17, 15) is 0 Å². The van der Waals surface area contributed by atoms with E-state index < -0.39 is 0 Å². The lowest BCUT2D eigenvalue weighted by Crippen LogP contribution is -2.00. The summed E-state index contributed by atoms with van der Waals surface area (Å²) in [6, 6.07) is 67.4. The number of para-hydroxylation sites is 2. The molecule has 0 radical (unpaired) electrons. The van der Waals surface area contributed by atoms with Gasteiger partial charge in [-0.15, -0.1) is 0 Å². The number of rotatable bonds is 6. The standard InChI is InChI=1S/C51H32N4O/c1-4-12-33(13-5-1)35-20-24-37(25-21-35)49-52-50(38-26-22-36(23-27-38)34-14-6-2-7-15-34)54-51(53-49)39-28-29-42-44-31-46-43(32-48(44)56-47(42)30-39)41-18-10-11-19-45(41)55(46)40-16-8-3-9-17-40/h1-32H. The molecule has 0 N–H and O–H groups in total. The van der Waals surface area contributed by atoms with E-state index in [0.29, 0.717) is 17.5 Å². The van der Waals surface area contributed by atoms with Gasteiger partial charge in [-0.1, -0.05) is 152 Å². The lowest BCUT2D eigenvalue weighted by molar-refractivity contribution is 0.669. The van der Waals surface area contributed by atoms with Crippen LogP contribution in [-0.2, 0) is 0 Å². The van der Waals surface area contributed by atoms with Crippen molar-refractivity contribution in [3.63, 3.8) is 0 Å². The summed E-state index contributed by atoms with van der Waals surface area (Å²) in [5.74, 6) is 1.80. The summed E-state index contributed by atoms with van der Waals surface area (Å²) in [5, 5.41) is 4.44. The zero-order valence-electron chi connectivity index (χ0n) is 30.2. The highest BCUT2D eigenvalue weighted by molar-refractivity contribution is 6.17. The molecule has 0 bridgehead atoms. The number of hydrogen-bond donors (Lipinski definition) is 0. The molecule has 0 amide bonds. The summed E-state index contributed by atoms with van der Waals surface area (Å²) in [5.41, 5.74) is 12.3. The van der Waals surface area contributed by atoms with Crippen LogP contribution in [0.2, 0.25) is 0 Å². The molecule has 8 aromatic carbocycles. The van der Waals surface area contributed by atoms with Crippen molar-refractivity contribution in [1.29, 1.82) is 0 Å². The van der Waals surface area contributed by atoms with Gasteiger partial charge in [0.05, 0.1) is 11.0 Å². The number of furan rings is 1. The van der Waals surface area contributed by atoms with Gasteiger partial charge in [0.1, 0.15) is 11.2 Å². The molecule has 0 aliphatic rings. The first kappa shape index (κ1) is 31.9. The second-order valence-corrected chi connectivity index (χ2v) is 14.1. The predicted octanol–water partition coefficient (Wildman–Crippen LogP) is 13.2. The number of fused-ring (bicyclic) bond motifs is 6. The first-order chi connectivity index (χ1) is 27.7. The topological polar surface area (TPSA) is 56.7 Å². The van der Waals surface area contributed by atoms with Crippen molar-refractivity contribution in [3.05, 3.63) is 194 Å². The van der Waals surface area contributed by atoms with E-state index in [1.54, 1.807) is 0 Å². The van der Waals surface area contributed by atoms with Crippen LogP contribution in [0, 0.1) is 0 Å². The van der Waals surface area contributed by atoms with Crippen LogP contribution in [0.1, 0.15) is 0 Å². The maximum atomic E-state index is 6.65. The molecule has 0 saturated carbocycles. The molecular formula is C51H32N4O. The van der Waals surface area contributed by atoms with Crippen molar-refractivity contribution in [2.45, 2.75) is 0 Å². The smallest absolute Gasteiger partial charge is 0.164 e. The monoisotopic (exact) mass is 716 g/mol. The lowest BCUT2D eigenvalue weighted by Gasteiger charge is -2.10. The Morgan fingerprint density at radius 2 is 0.768 bits per heavy atom. The van der Waals surface area contributed by atoms with Crippen molar-refractivity contribution in [2.75, 3.05) is 0 Å². The van der Waals surface area contributed by atoms with E-state index in [0.717, 1.165) is 77.5 Å². The molecule has 0 spiro atoms. The first-order valence-corrected chi connectivity index (χ1v) is 18.8. The summed E-state index contributed by atoms with van der Waals surface area (Å²) in [6.45, 7) is 0. The summed E-state index contributed by atoms with van der Waals surface area (Å²) >= 11 is 0. The highest BCUT2D eigenvalue weighted by atomic mass is 16.3. The van der Waals surface area contributed by atoms with Crippen LogP contribution in [0.25, 0.3) is 106 Å². The third-order valence-electron chi connectivity index (χ3n) is 10.7. The molecule has 3 heterocycles. The van der Waals surface area contributed by atoms with Crippen LogP contribution in [-0.4, -0.2) is 19.5 Å². The molecule has 11 aromatic rings. The van der Waals surface area contributed by atoms with Crippen LogP contribution in [0.3, 0.4) is 0 Å². The Labute approximate surface area is 322 Å². The molecule has 262 valence electrons. The van der Waals surface area contributed by atoms with Gasteiger partial charge in [0.25, 0.3) is 0 Å². The van der Waals surface area contributed by atoms with E-state index >= 15 is 0 Å².